The van der Waals surface area contributed by atoms with E-state index in [9.17, 15) is 14.7 Å². The van der Waals surface area contributed by atoms with E-state index in [-0.39, 0.29) is 11.8 Å². The van der Waals surface area contributed by atoms with Crippen LogP contribution in [-0.2, 0) is 9.59 Å². The maximum atomic E-state index is 11.9. The zero-order chi connectivity index (χ0) is 12.6. The average Bonchev–Trinajstić information content (AvgIpc) is 2.25. The van der Waals surface area contributed by atoms with Crippen LogP contribution in [-0.4, -0.2) is 33.0 Å². The summed E-state index contributed by atoms with van der Waals surface area (Å²) < 4.78 is 0. The fraction of sp³-hybridized carbons (Fsp3) is 0.833. The van der Waals surface area contributed by atoms with Crippen molar-refractivity contribution >= 4 is 11.8 Å². The fourth-order valence-electron chi connectivity index (χ4n) is 1.81. The standard InChI is InChI=1S/C12H21NO3/c1-11(2,12(3,4)16)13-9(14)7-5-6-8-10(13)15/h16H,5-8H2,1-4H3. The third kappa shape index (κ3) is 2.26. The molecule has 92 valence electrons. The third-order valence-corrected chi connectivity index (χ3v) is 3.59. The number of likely N-dealkylation sites (tertiary alicyclic amines) is 1. The summed E-state index contributed by atoms with van der Waals surface area (Å²) >= 11 is 0. The van der Waals surface area contributed by atoms with Crippen LogP contribution < -0.4 is 0 Å². The topological polar surface area (TPSA) is 57.6 Å². The second-order valence-corrected chi connectivity index (χ2v) is 5.45. The maximum absolute atomic E-state index is 11.9. The Morgan fingerprint density at radius 2 is 1.38 bits per heavy atom. The highest BCUT2D eigenvalue weighted by Crippen LogP contribution is 2.31. The van der Waals surface area contributed by atoms with E-state index in [1.54, 1.807) is 27.7 Å². The van der Waals surface area contributed by atoms with Crippen molar-refractivity contribution in [3.8, 4) is 0 Å². The molecule has 0 spiro atoms. The summed E-state index contributed by atoms with van der Waals surface area (Å²) in [7, 11) is 0. The average molecular weight is 227 g/mol. The minimum absolute atomic E-state index is 0.172. The van der Waals surface area contributed by atoms with Crippen LogP contribution in [0, 0.1) is 0 Å². The molecule has 0 aromatic rings. The van der Waals surface area contributed by atoms with E-state index in [1.165, 1.54) is 4.90 Å². The van der Waals surface area contributed by atoms with Gasteiger partial charge in [-0.1, -0.05) is 0 Å². The maximum Gasteiger partial charge on any atom is 0.229 e. The van der Waals surface area contributed by atoms with Crippen LogP contribution in [0.15, 0.2) is 0 Å². The van der Waals surface area contributed by atoms with Crippen molar-refractivity contribution in [3.63, 3.8) is 0 Å². The Kier molecular flexibility index (Phi) is 3.43. The molecule has 1 aliphatic heterocycles. The number of hydrogen-bond donors (Lipinski definition) is 1. The molecule has 0 aromatic carbocycles. The van der Waals surface area contributed by atoms with Crippen molar-refractivity contribution in [3.05, 3.63) is 0 Å². The van der Waals surface area contributed by atoms with Crippen LogP contribution in [0.5, 0.6) is 0 Å². The molecule has 0 aliphatic carbocycles. The van der Waals surface area contributed by atoms with Gasteiger partial charge in [0.25, 0.3) is 0 Å². The highest BCUT2D eigenvalue weighted by atomic mass is 16.3. The molecule has 0 saturated carbocycles. The second kappa shape index (κ2) is 4.17. The van der Waals surface area contributed by atoms with Crippen LogP contribution in [0.4, 0.5) is 0 Å². The second-order valence-electron chi connectivity index (χ2n) is 5.45. The van der Waals surface area contributed by atoms with Crippen molar-refractivity contribution in [1.29, 1.82) is 0 Å². The molecule has 2 amide bonds. The van der Waals surface area contributed by atoms with Gasteiger partial charge in [0, 0.05) is 12.8 Å². The molecule has 1 heterocycles. The number of carbonyl (C=O) groups is 2. The number of carbonyl (C=O) groups excluding carboxylic acids is 2. The summed E-state index contributed by atoms with van der Waals surface area (Å²) in [5, 5.41) is 10.1. The van der Waals surface area contributed by atoms with Crippen LogP contribution >= 0.6 is 0 Å². The SMILES string of the molecule is CC(C)(O)C(C)(C)N1C(=O)CCCCC1=O. The predicted molar refractivity (Wildman–Crippen MR) is 60.7 cm³/mol. The lowest BCUT2D eigenvalue weighted by Crippen LogP contribution is -2.61. The van der Waals surface area contributed by atoms with Gasteiger partial charge in [-0.3, -0.25) is 14.5 Å². The van der Waals surface area contributed by atoms with Gasteiger partial charge in [0.2, 0.25) is 11.8 Å². The summed E-state index contributed by atoms with van der Waals surface area (Å²) in [6.45, 7) is 6.71. The molecule has 1 rings (SSSR count). The highest BCUT2D eigenvalue weighted by molar-refractivity contribution is 5.97. The Bertz CT molecular complexity index is 284. The van der Waals surface area contributed by atoms with E-state index in [1.807, 2.05) is 0 Å². The number of rotatable bonds is 2. The minimum Gasteiger partial charge on any atom is -0.388 e. The molecule has 1 fully saturated rings. The molecule has 1 saturated heterocycles. The van der Waals surface area contributed by atoms with E-state index in [0.717, 1.165) is 12.8 Å². The molecule has 0 atom stereocenters. The molecule has 16 heavy (non-hydrogen) atoms. The lowest BCUT2D eigenvalue weighted by Gasteiger charge is -2.44. The minimum atomic E-state index is -1.11. The molecule has 0 unspecified atom stereocenters. The van der Waals surface area contributed by atoms with Crippen molar-refractivity contribution in [2.45, 2.75) is 64.5 Å². The van der Waals surface area contributed by atoms with Crippen LogP contribution in [0.1, 0.15) is 53.4 Å². The lowest BCUT2D eigenvalue weighted by atomic mass is 9.84. The Hall–Kier alpha value is -0.900. The van der Waals surface area contributed by atoms with Crippen molar-refractivity contribution in [2.75, 3.05) is 0 Å². The number of nitrogens with zero attached hydrogens (tertiary/aromatic N) is 1. The van der Waals surface area contributed by atoms with Gasteiger partial charge in [0.1, 0.15) is 0 Å². The van der Waals surface area contributed by atoms with Crippen molar-refractivity contribution in [2.24, 2.45) is 0 Å². The van der Waals surface area contributed by atoms with Crippen molar-refractivity contribution < 1.29 is 14.7 Å². The third-order valence-electron chi connectivity index (χ3n) is 3.59. The molecule has 0 bridgehead atoms. The first kappa shape index (κ1) is 13.2. The largest absolute Gasteiger partial charge is 0.388 e. The number of imide groups is 1. The smallest absolute Gasteiger partial charge is 0.229 e. The highest BCUT2D eigenvalue weighted by Gasteiger charge is 2.46. The first-order chi connectivity index (χ1) is 7.18. The van der Waals surface area contributed by atoms with Gasteiger partial charge < -0.3 is 5.11 Å². The predicted octanol–water partition coefficient (Wildman–Crippen LogP) is 1.47. The van der Waals surface area contributed by atoms with E-state index < -0.39 is 11.1 Å². The molecule has 1 aliphatic rings. The van der Waals surface area contributed by atoms with E-state index in [4.69, 9.17) is 0 Å². The first-order valence-electron chi connectivity index (χ1n) is 5.76. The summed E-state index contributed by atoms with van der Waals surface area (Å²) in [5.41, 5.74) is -1.98. The van der Waals surface area contributed by atoms with Crippen LogP contribution in [0.2, 0.25) is 0 Å². The van der Waals surface area contributed by atoms with Crippen molar-refractivity contribution in [1.82, 2.24) is 4.90 Å². The number of aliphatic hydroxyl groups is 1. The van der Waals surface area contributed by atoms with Gasteiger partial charge in [-0.2, -0.15) is 0 Å². The van der Waals surface area contributed by atoms with Gasteiger partial charge in [-0.05, 0) is 40.5 Å². The lowest BCUT2D eigenvalue weighted by molar-refractivity contribution is -0.161. The zero-order valence-electron chi connectivity index (χ0n) is 10.5. The fourth-order valence-corrected chi connectivity index (χ4v) is 1.81. The molecule has 0 radical (unpaired) electrons. The van der Waals surface area contributed by atoms with E-state index >= 15 is 0 Å². The van der Waals surface area contributed by atoms with E-state index in [2.05, 4.69) is 0 Å². The monoisotopic (exact) mass is 227 g/mol. The first-order valence-corrected chi connectivity index (χ1v) is 5.76. The summed E-state index contributed by atoms with van der Waals surface area (Å²) in [6, 6.07) is 0. The Balaban J connectivity index is 3.07. The Morgan fingerprint density at radius 1 is 1.00 bits per heavy atom. The molecular weight excluding hydrogens is 206 g/mol. The van der Waals surface area contributed by atoms with Crippen LogP contribution in [0.25, 0.3) is 0 Å². The molecular formula is C12H21NO3. The molecule has 0 aromatic heterocycles. The molecule has 4 nitrogen and oxygen atoms in total. The Labute approximate surface area is 96.6 Å². The van der Waals surface area contributed by atoms with Gasteiger partial charge in [0.05, 0.1) is 11.1 Å². The summed E-state index contributed by atoms with van der Waals surface area (Å²) in [4.78, 5) is 25.1. The quantitative estimate of drug-likeness (QED) is 0.727. The number of hydrogen-bond acceptors (Lipinski definition) is 3. The van der Waals surface area contributed by atoms with Gasteiger partial charge in [0.15, 0.2) is 0 Å². The van der Waals surface area contributed by atoms with E-state index in [0.29, 0.717) is 12.8 Å². The van der Waals surface area contributed by atoms with Gasteiger partial charge >= 0.3 is 0 Å². The molecule has 1 N–H and O–H groups in total. The summed E-state index contributed by atoms with van der Waals surface area (Å²) in [6.07, 6.45) is 2.29. The zero-order valence-corrected chi connectivity index (χ0v) is 10.5. The number of amides is 2. The summed E-state index contributed by atoms with van der Waals surface area (Å²) in [5.74, 6) is -0.343. The Morgan fingerprint density at radius 3 is 1.69 bits per heavy atom. The van der Waals surface area contributed by atoms with Crippen LogP contribution in [0.3, 0.4) is 0 Å². The molecule has 4 heteroatoms. The van der Waals surface area contributed by atoms with Gasteiger partial charge in [-0.25, -0.2) is 0 Å². The normalized spacial score (nSPS) is 19.9. The van der Waals surface area contributed by atoms with Gasteiger partial charge in [-0.15, -0.1) is 0 Å².